The molecule has 1 fully saturated rings. The van der Waals surface area contributed by atoms with Gasteiger partial charge < -0.3 is 9.80 Å². The first-order valence-electron chi connectivity index (χ1n) is 7.21. The Hall–Kier alpha value is -0.940. The number of piperidine rings is 1. The lowest BCUT2D eigenvalue weighted by molar-refractivity contribution is 0.112. The summed E-state index contributed by atoms with van der Waals surface area (Å²) in [5.41, 5.74) is 0.832. The maximum absolute atomic E-state index is 11.3. The van der Waals surface area contributed by atoms with Crippen molar-refractivity contribution in [2.75, 3.05) is 32.1 Å². The van der Waals surface area contributed by atoms with Crippen molar-refractivity contribution < 1.29 is 4.79 Å². The summed E-state index contributed by atoms with van der Waals surface area (Å²) < 4.78 is 0. The Morgan fingerprint density at radius 2 is 2.15 bits per heavy atom. The van der Waals surface area contributed by atoms with E-state index in [-0.39, 0.29) is 5.41 Å². The highest BCUT2D eigenvalue weighted by molar-refractivity contribution is 7.17. The molecule has 1 saturated heterocycles. The number of thiazole rings is 1. The Labute approximate surface area is 125 Å². The first-order valence-corrected chi connectivity index (χ1v) is 8.02. The normalized spacial score (nSPS) is 20.9. The summed E-state index contributed by atoms with van der Waals surface area (Å²) >= 11 is 1.52. The molecule has 5 heteroatoms. The van der Waals surface area contributed by atoms with E-state index < -0.39 is 0 Å². The van der Waals surface area contributed by atoms with Crippen LogP contribution in [0.25, 0.3) is 0 Å². The molecule has 0 radical (unpaired) electrons. The van der Waals surface area contributed by atoms with Crippen LogP contribution < -0.4 is 4.90 Å². The Bertz CT molecular complexity index is 478. The summed E-state index contributed by atoms with van der Waals surface area (Å²) in [5, 5.41) is 0.970. The molecule has 1 atom stereocenters. The van der Waals surface area contributed by atoms with E-state index in [4.69, 9.17) is 4.98 Å². The van der Waals surface area contributed by atoms with E-state index in [1.165, 1.54) is 30.7 Å². The second kappa shape index (κ2) is 5.82. The predicted molar refractivity (Wildman–Crippen MR) is 85.1 cm³/mol. The maximum atomic E-state index is 11.3. The van der Waals surface area contributed by atoms with Crippen molar-refractivity contribution in [2.45, 2.75) is 45.1 Å². The standard InChI is InChI=1S/C15H25N3OS/c1-15(2,3)13-12(10-19)20-14(16-13)18(5)11-7-6-8-17(4)9-11/h10-11H,6-9H2,1-5H3. The quantitative estimate of drug-likeness (QED) is 0.804. The molecular formula is C15H25N3OS. The van der Waals surface area contributed by atoms with Gasteiger partial charge in [0.15, 0.2) is 11.4 Å². The molecule has 112 valence electrons. The number of carbonyl (C=O) groups excluding carboxylic acids is 1. The molecule has 4 nitrogen and oxygen atoms in total. The van der Waals surface area contributed by atoms with E-state index in [0.717, 1.165) is 28.5 Å². The van der Waals surface area contributed by atoms with Gasteiger partial charge in [-0.2, -0.15) is 0 Å². The highest BCUT2D eigenvalue weighted by Crippen LogP contribution is 2.33. The molecule has 0 saturated carbocycles. The molecule has 1 aliphatic heterocycles. The van der Waals surface area contributed by atoms with Gasteiger partial charge in [0, 0.05) is 25.0 Å². The van der Waals surface area contributed by atoms with Crippen LogP contribution in [0.4, 0.5) is 5.13 Å². The smallest absolute Gasteiger partial charge is 0.186 e. The maximum Gasteiger partial charge on any atom is 0.186 e. The number of likely N-dealkylation sites (N-methyl/N-ethyl adjacent to an activating group) is 2. The zero-order valence-corrected chi connectivity index (χ0v) is 14.0. The summed E-state index contributed by atoms with van der Waals surface area (Å²) in [7, 11) is 4.27. The zero-order chi connectivity index (χ0) is 14.9. The average Bonchev–Trinajstić information content (AvgIpc) is 2.82. The van der Waals surface area contributed by atoms with Crippen LogP contribution in [0.1, 0.15) is 49.0 Å². The van der Waals surface area contributed by atoms with Crippen LogP contribution in [0, 0.1) is 0 Å². The van der Waals surface area contributed by atoms with E-state index in [0.29, 0.717) is 6.04 Å². The van der Waals surface area contributed by atoms with Gasteiger partial charge in [-0.15, -0.1) is 0 Å². The van der Waals surface area contributed by atoms with E-state index in [2.05, 4.69) is 44.7 Å². The third-order valence-corrected chi connectivity index (χ3v) is 4.98. The van der Waals surface area contributed by atoms with Gasteiger partial charge in [0.05, 0.1) is 10.6 Å². The summed E-state index contributed by atoms with van der Waals surface area (Å²) in [5.74, 6) is 0. The molecule has 20 heavy (non-hydrogen) atoms. The van der Waals surface area contributed by atoms with Gasteiger partial charge in [-0.05, 0) is 26.4 Å². The summed E-state index contributed by atoms with van der Waals surface area (Å²) in [6.07, 6.45) is 3.37. The second-order valence-electron chi connectivity index (χ2n) is 6.75. The molecule has 2 heterocycles. The predicted octanol–water partition coefficient (Wildman–Crippen LogP) is 2.78. The van der Waals surface area contributed by atoms with Crippen molar-refractivity contribution in [3.05, 3.63) is 10.6 Å². The number of hydrogen-bond donors (Lipinski definition) is 0. The van der Waals surface area contributed by atoms with Gasteiger partial charge in [-0.3, -0.25) is 4.79 Å². The first kappa shape index (κ1) is 15.4. The van der Waals surface area contributed by atoms with Crippen LogP contribution in [0.15, 0.2) is 0 Å². The van der Waals surface area contributed by atoms with Crippen molar-refractivity contribution in [3.8, 4) is 0 Å². The number of carbonyl (C=O) groups is 1. The fourth-order valence-corrected chi connectivity index (χ4v) is 3.82. The fraction of sp³-hybridized carbons (Fsp3) is 0.733. The summed E-state index contributed by atoms with van der Waals surface area (Å²) in [6.45, 7) is 8.56. The third-order valence-electron chi connectivity index (χ3n) is 3.91. The van der Waals surface area contributed by atoms with E-state index in [1.807, 2.05) is 0 Å². The molecule has 0 aromatic carbocycles. The topological polar surface area (TPSA) is 36.4 Å². The van der Waals surface area contributed by atoms with Gasteiger partial charge >= 0.3 is 0 Å². The SMILES string of the molecule is CN1CCCC(N(C)c2nc(C(C)(C)C)c(C=O)s2)C1. The first-order chi connectivity index (χ1) is 9.32. The van der Waals surface area contributed by atoms with E-state index >= 15 is 0 Å². The van der Waals surface area contributed by atoms with Crippen molar-refractivity contribution >= 4 is 22.8 Å². The Balaban J connectivity index is 2.24. The molecule has 1 aromatic heterocycles. The monoisotopic (exact) mass is 295 g/mol. The van der Waals surface area contributed by atoms with E-state index in [1.54, 1.807) is 0 Å². The van der Waals surface area contributed by atoms with Crippen molar-refractivity contribution in [2.24, 2.45) is 0 Å². The Morgan fingerprint density at radius 1 is 1.45 bits per heavy atom. The highest BCUT2D eigenvalue weighted by atomic mass is 32.1. The number of anilines is 1. The minimum absolute atomic E-state index is 0.0881. The molecule has 1 aliphatic rings. The number of hydrogen-bond acceptors (Lipinski definition) is 5. The zero-order valence-electron chi connectivity index (χ0n) is 13.1. The molecule has 0 bridgehead atoms. The van der Waals surface area contributed by atoms with Crippen LogP contribution in [-0.2, 0) is 5.41 Å². The summed E-state index contributed by atoms with van der Waals surface area (Å²) in [4.78, 5) is 21.4. The van der Waals surface area contributed by atoms with Gasteiger partial charge in [0.2, 0.25) is 0 Å². The van der Waals surface area contributed by atoms with E-state index in [9.17, 15) is 4.79 Å². The lowest BCUT2D eigenvalue weighted by atomic mass is 9.91. The number of likely N-dealkylation sites (tertiary alicyclic amines) is 1. The second-order valence-corrected chi connectivity index (χ2v) is 7.76. The number of aldehydes is 1. The van der Waals surface area contributed by atoms with Crippen molar-refractivity contribution in [1.29, 1.82) is 0 Å². The van der Waals surface area contributed by atoms with Crippen LogP contribution in [0.2, 0.25) is 0 Å². The van der Waals surface area contributed by atoms with Crippen LogP contribution in [0.5, 0.6) is 0 Å². The molecule has 2 rings (SSSR count). The molecule has 0 aliphatic carbocycles. The highest BCUT2D eigenvalue weighted by Gasteiger charge is 2.27. The number of nitrogens with zero attached hydrogens (tertiary/aromatic N) is 3. The van der Waals surface area contributed by atoms with Crippen LogP contribution >= 0.6 is 11.3 Å². The minimum Gasteiger partial charge on any atom is -0.347 e. The van der Waals surface area contributed by atoms with Gasteiger partial charge in [0.1, 0.15) is 0 Å². The molecular weight excluding hydrogens is 270 g/mol. The third kappa shape index (κ3) is 3.20. The van der Waals surface area contributed by atoms with Crippen molar-refractivity contribution in [3.63, 3.8) is 0 Å². The van der Waals surface area contributed by atoms with Gasteiger partial charge in [0.25, 0.3) is 0 Å². The fourth-order valence-electron chi connectivity index (χ4n) is 2.70. The number of rotatable bonds is 3. The summed E-state index contributed by atoms with van der Waals surface area (Å²) in [6, 6.07) is 0.493. The Kier molecular flexibility index (Phi) is 4.49. The van der Waals surface area contributed by atoms with Crippen LogP contribution in [0.3, 0.4) is 0 Å². The average molecular weight is 295 g/mol. The lowest BCUT2D eigenvalue weighted by Crippen LogP contribution is -2.45. The molecule has 1 aromatic rings. The van der Waals surface area contributed by atoms with Gasteiger partial charge in [-0.25, -0.2) is 4.98 Å². The largest absolute Gasteiger partial charge is 0.347 e. The number of aromatic nitrogens is 1. The van der Waals surface area contributed by atoms with Crippen LogP contribution in [-0.4, -0.2) is 49.4 Å². The molecule has 0 amide bonds. The lowest BCUT2D eigenvalue weighted by Gasteiger charge is -2.35. The van der Waals surface area contributed by atoms with Crippen molar-refractivity contribution in [1.82, 2.24) is 9.88 Å². The molecule has 0 N–H and O–H groups in total. The minimum atomic E-state index is -0.0881. The van der Waals surface area contributed by atoms with Gasteiger partial charge in [-0.1, -0.05) is 32.1 Å². The molecule has 1 unspecified atom stereocenters. The molecule has 0 spiro atoms. The Morgan fingerprint density at radius 3 is 2.65 bits per heavy atom.